The first-order chi connectivity index (χ1) is 13.2. The third-order valence-electron chi connectivity index (χ3n) is 4.96. The highest BCUT2D eigenvalue weighted by Crippen LogP contribution is 2.25. The molecule has 0 spiro atoms. The summed E-state index contributed by atoms with van der Waals surface area (Å²) >= 11 is 7.68. The van der Waals surface area contributed by atoms with Crippen molar-refractivity contribution in [2.45, 2.75) is 6.54 Å². The zero-order valence-electron chi connectivity index (χ0n) is 15.3. The van der Waals surface area contributed by atoms with Gasteiger partial charge in [-0.15, -0.1) is 11.3 Å². The maximum Gasteiger partial charge on any atom is 0.123 e. The number of hydrogen-bond donors (Lipinski definition) is 1. The molecule has 0 saturated carbocycles. The molecule has 0 atom stereocenters. The number of methoxy groups -OCH3 is 1. The van der Waals surface area contributed by atoms with Gasteiger partial charge in [-0.1, -0.05) is 29.8 Å². The molecule has 2 aromatic carbocycles. The number of anilines is 1. The van der Waals surface area contributed by atoms with Crippen LogP contribution < -0.4 is 14.5 Å². The van der Waals surface area contributed by atoms with Crippen molar-refractivity contribution in [1.29, 1.82) is 0 Å². The van der Waals surface area contributed by atoms with Crippen LogP contribution in [0.15, 0.2) is 53.9 Å². The van der Waals surface area contributed by atoms with Crippen LogP contribution in [-0.4, -0.2) is 38.3 Å². The van der Waals surface area contributed by atoms with Crippen LogP contribution in [0.25, 0.3) is 10.6 Å². The molecule has 0 aliphatic carbocycles. The first kappa shape index (κ1) is 18.3. The van der Waals surface area contributed by atoms with Gasteiger partial charge in [0.15, 0.2) is 0 Å². The molecular formula is C21H23ClN3OS+. The Morgan fingerprint density at radius 2 is 1.93 bits per heavy atom. The lowest BCUT2D eigenvalue weighted by atomic mass is 10.2. The largest absolute Gasteiger partial charge is 0.497 e. The third kappa shape index (κ3) is 4.43. The molecule has 0 bridgehead atoms. The molecule has 0 radical (unpaired) electrons. The van der Waals surface area contributed by atoms with Gasteiger partial charge in [0.2, 0.25) is 0 Å². The first-order valence-electron chi connectivity index (χ1n) is 9.14. The number of rotatable bonds is 5. The van der Waals surface area contributed by atoms with Crippen LogP contribution in [0, 0.1) is 0 Å². The summed E-state index contributed by atoms with van der Waals surface area (Å²) in [4.78, 5) is 8.85. The van der Waals surface area contributed by atoms with Crippen molar-refractivity contribution in [2.75, 3.05) is 38.2 Å². The standard InChI is InChI=1S/C21H22ClN3OS/c1-26-20-4-2-3-19(13-20)25-11-9-24(10-12-25)14-18-15-27-21(23-18)16-5-7-17(22)8-6-16/h2-8,13,15H,9-12,14H2,1H3/p+1. The second kappa shape index (κ2) is 8.30. The predicted octanol–water partition coefficient (Wildman–Crippen LogP) is 3.38. The first-order valence-corrected chi connectivity index (χ1v) is 10.4. The monoisotopic (exact) mass is 400 g/mol. The number of piperazine rings is 1. The Balaban J connectivity index is 1.35. The van der Waals surface area contributed by atoms with Crippen molar-refractivity contribution in [3.05, 3.63) is 64.6 Å². The predicted molar refractivity (Wildman–Crippen MR) is 112 cm³/mol. The molecule has 0 unspecified atom stereocenters. The Labute approximate surface area is 169 Å². The summed E-state index contributed by atoms with van der Waals surface area (Å²) in [6, 6.07) is 16.2. The van der Waals surface area contributed by atoms with Crippen molar-refractivity contribution >= 4 is 28.6 Å². The normalized spacial score (nSPS) is 15.1. The van der Waals surface area contributed by atoms with E-state index in [2.05, 4.69) is 28.5 Å². The summed E-state index contributed by atoms with van der Waals surface area (Å²) in [7, 11) is 1.72. The average molecular weight is 401 g/mol. The SMILES string of the molecule is COc1cccc(N2CC[NH+](Cc3csc(-c4ccc(Cl)cc4)n3)CC2)c1. The Morgan fingerprint density at radius 3 is 2.67 bits per heavy atom. The fourth-order valence-corrected chi connectivity index (χ4v) is 4.39. The second-order valence-electron chi connectivity index (χ2n) is 6.77. The lowest BCUT2D eigenvalue weighted by molar-refractivity contribution is -0.914. The van der Waals surface area contributed by atoms with Crippen LogP contribution in [-0.2, 0) is 6.54 Å². The fourth-order valence-electron chi connectivity index (χ4n) is 3.43. The van der Waals surface area contributed by atoms with E-state index < -0.39 is 0 Å². The molecular weight excluding hydrogens is 378 g/mol. The Bertz CT molecular complexity index is 888. The summed E-state index contributed by atoms with van der Waals surface area (Å²) in [5, 5.41) is 4.01. The molecule has 140 valence electrons. The molecule has 1 fully saturated rings. The minimum absolute atomic E-state index is 0.758. The molecule has 4 nitrogen and oxygen atoms in total. The molecule has 1 N–H and O–H groups in total. The molecule has 1 aromatic heterocycles. The average Bonchev–Trinajstić information content (AvgIpc) is 3.17. The van der Waals surface area contributed by atoms with E-state index in [0.29, 0.717) is 0 Å². The van der Waals surface area contributed by atoms with Gasteiger partial charge in [0.05, 0.1) is 33.3 Å². The smallest absolute Gasteiger partial charge is 0.123 e. The number of hydrogen-bond acceptors (Lipinski definition) is 4. The quantitative estimate of drug-likeness (QED) is 0.712. The Kier molecular flexibility index (Phi) is 5.62. The summed E-state index contributed by atoms with van der Waals surface area (Å²) in [6.07, 6.45) is 0. The number of ether oxygens (including phenoxy) is 1. The number of nitrogens with one attached hydrogen (secondary N) is 1. The van der Waals surface area contributed by atoms with Gasteiger partial charge in [0, 0.05) is 27.7 Å². The van der Waals surface area contributed by atoms with E-state index in [-0.39, 0.29) is 0 Å². The van der Waals surface area contributed by atoms with E-state index in [1.54, 1.807) is 23.3 Å². The highest BCUT2D eigenvalue weighted by molar-refractivity contribution is 7.13. The molecule has 1 aliphatic heterocycles. The summed E-state index contributed by atoms with van der Waals surface area (Å²) in [5.74, 6) is 0.916. The van der Waals surface area contributed by atoms with E-state index in [0.717, 1.165) is 54.1 Å². The van der Waals surface area contributed by atoms with E-state index in [1.165, 1.54) is 11.4 Å². The number of quaternary nitrogens is 1. The summed E-state index contributed by atoms with van der Waals surface area (Å²) < 4.78 is 5.34. The van der Waals surface area contributed by atoms with Crippen LogP contribution >= 0.6 is 22.9 Å². The number of halogens is 1. The maximum atomic E-state index is 5.97. The van der Waals surface area contributed by atoms with Crippen LogP contribution in [0.5, 0.6) is 5.75 Å². The molecule has 3 aromatic rings. The molecule has 6 heteroatoms. The van der Waals surface area contributed by atoms with Crippen molar-refractivity contribution < 1.29 is 9.64 Å². The molecule has 27 heavy (non-hydrogen) atoms. The second-order valence-corrected chi connectivity index (χ2v) is 8.06. The zero-order valence-corrected chi connectivity index (χ0v) is 16.9. The van der Waals surface area contributed by atoms with E-state index in [4.69, 9.17) is 21.3 Å². The van der Waals surface area contributed by atoms with Gasteiger partial charge in [0.25, 0.3) is 0 Å². The lowest BCUT2D eigenvalue weighted by Gasteiger charge is -2.33. The molecule has 4 rings (SSSR count). The fraction of sp³-hybridized carbons (Fsp3) is 0.286. The number of nitrogens with zero attached hydrogens (tertiary/aromatic N) is 2. The van der Waals surface area contributed by atoms with Gasteiger partial charge in [0.1, 0.15) is 23.0 Å². The molecule has 0 amide bonds. The molecule has 1 aliphatic rings. The summed E-state index contributed by atoms with van der Waals surface area (Å²) in [6.45, 7) is 5.32. The highest BCUT2D eigenvalue weighted by atomic mass is 35.5. The van der Waals surface area contributed by atoms with Gasteiger partial charge < -0.3 is 14.5 Å². The summed E-state index contributed by atoms with van der Waals surface area (Å²) in [5.41, 5.74) is 3.55. The van der Waals surface area contributed by atoms with Crippen LogP contribution in [0.2, 0.25) is 5.02 Å². The molecule has 2 heterocycles. The van der Waals surface area contributed by atoms with Gasteiger partial charge in [-0.25, -0.2) is 4.98 Å². The van der Waals surface area contributed by atoms with E-state index >= 15 is 0 Å². The van der Waals surface area contributed by atoms with E-state index in [9.17, 15) is 0 Å². The molecule has 1 saturated heterocycles. The topological polar surface area (TPSA) is 29.8 Å². The maximum absolute atomic E-state index is 5.97. The Morgan fingerprint density at radius 1 is 1.15 bits per heavy atom. The number of thiazole rings is 1. The highest BCUT2D eigenvalue weighted by Gasteiger charge is 2.21. The Hall–Kier alpha value is -2.08. The minimum Gasteiger partial charge on any atom is -0.497 e. The van der Waals surface area contributed by atoms with E-state index in [1.807, 2.05) is 30.3 Å². The van der Waals surface area contributed by atoms with Crippen LogP contribution in [0.4, 0.5) is 5.69 Å². The van der Waals surface area contributed by atoms with Gasteiger partial charge in [-0.2, -0.15) is 0 Å². The van der Waals surface area contributed by atoms with Crippen molar-refractivity contribution in [3.63, 3.8) is 0 Å². The van der Waals surface area contributed by atoms with Crippen molar-refractivity contribution in [2.24, 2.45) is 0 Å². The third-order valence-corrected chi connectivity index (χ3v) is 6.16. The van der Waals surface area contributed by atoms with Crippen LogP contribution in [0.3, 0.4) is 0 Å². The van der Waals surface area contributed by atoms with Crippen molar-refractivity contribution in [1.82, 2.24) is 4.98 Å². The van der Waals surface area contributed by atoms with Gasteiger partial charge in [-0.05, 0) is 24.3 Å². The minimum atomic E-state index is 0.758. The zero-order chi connectivity index (χ0) is 18.6. The number of aromatic nitrogens is 1. The van der Waals surface area contributed by atoms with Gasteiger partial charge in [-0.3, -0.25) is 0 Å². The lowest BCUT2D eigenvalue weighted by Crippen LogP contribution is -3.13. The number of benzene rings is 2. The van der Waals surface area contributed by atoms with Crippen molar-refractivity contribution in [3.8, 4) is 16.3 Å². The van der Waals surface area contributed by atoms with Crippen LogP contribution in [0.1, 0.15) is 5.69 Å². The van der Waals surface area contributed by atoms with Gasteiger partial charge >= 0.3 is 0 Å².